The molecular formula is C25H29N3O2. The standard InChI is InChI=1S/C25H29N3O2/c1-18-11-12-21(15-19(18)2)30-14-13-25(29)27-23-9-6-10-24-22(23)16-26-28(24)17-20-7-4-3-5-8-20/h3-5,7-8,11-12,15-16,23H,6,9-10,13-14,17H2,1-2H3,(H,27,29)/t23-/m0/s1. The number of nitrogens with one attached hydrogen (secondary N) is 1. The lowest BCUT2D eigenvalue weighted by atomic mass is 9.92. The molecule has 1 atom stereocenters. The summed E-state index contributed by atoms with van der Waals surface area (Å²) in [7, 11) is 0. The summed E-state index contributed by atoms with van der Waals surface area (Å²) >= 11 is 0. The van der Waals surface area contributed by atoms with Crippen LogP contribution in [-0.2, 0) is 17.8 Å². The number of aromatic nitrogens is 2. The van der Waals surface area contributed by atoms with Crippen LogP contribution in [0.1, 0.15) is 53.3 Å². The van der Waals surface area contributed by atoms with Gasteiger partial charge in [-0.15, -0.1) is 0 Å². The Balaban J connectivity index is 1.33. The van der Waals surface area contributed by atoms with Crippen LogP contribution in [0.2, 0.25) is 0 Å². The van der Waals surface area contributed by atoms with Gasteiger partial charge < -0.3 is 10.1 Å². The molecule has 0 bridgehead atoms. The average molecular weight is 404 g/mol. The van der Waals surface area contributed by atoms with Crippen molar-refractivity contribution in [3.05, 3.63) is 82.7 Å². The molecule has 0 saturated carbocycles. The Hall–Kier alpha value is -3.08. The second-order valence-electron chi connectivity index (χ2n) is 8.05. The topological polar surface area (TPSA) is 56.1 Å². The second kappa shape index (κ2) is 9.16. The van der Waals surface area contributed by atoms with Gasteiger partial charge in [-0.25, -0.2) is 0 Å². The molecule has 0 fully saturated rings. The number of fused-ring (bicyclic) bond motifs is 1. The van der Waals surface area contributed by atoms with Crippen LogP contribution in [-0.4, -0.2) is 22.3 Å². The predicted octanol–water partition coefficient (Wildman–Crippen LogP) is 4.51. The third kappa shape index (κ3) is 4.73. The minimum atomic E-state index is 0.0208. The number of aryl methyl sites for hydroxylation is 2. The Labute approximate surface area is 178 Å². The van der Waals surface area contributed by atoms with Gasteiger partial charge in [0.25, 0.3) is 0 Å². The van der Waals surface area contributed by atoms with E-state index in [0.717, 1.165) is 37.1 Å². The van der Waals surface area contributed by atoms with Gasteiger partial charge in [0.1, 0.15) is 5.75 Å². The summed E-state index contributed by atoms with van der Waals surface area (Å²) in [6.45, 7) is 5.28. The van der Waals surface area contributed by atoms with Crippen LogP contribution in [0, 0.1) is 13.8 Å². The molecule has 0 aliphatic heterocycles. The van der Waals surface area contributed by atoms with Crippen LogP contribution in [0.25, 0.3) is 0 Å². The normalized spacial score (nSPS) is 15.5. The van der Waals surface area contributed by atoms with E-state index in [2.05, 4.69) is 41.1 Å². The highest BCUT2D eigenvalue weighted by Crippen LogP contribution is 2.30. The summed E-state index contributed by atoms with van der Waals surface area (Å²) in [5.74, 6) is 0.834. The summed E-state index contributed by atoms with van der Waals surface area (Å²) in [5, 5.41) is 7.80. The van der Waals surface area contributed by atoms with Gasteiger partial charge in [0, 0.05) is 11.3 Å². The summed E-state index contributed by atoms with van der Waals surface area (Å²) in [5.41, 5.74) is 6.06. The molecule has 156 valence electrons. The summed E-state index contributed by atoms with van der Waals surface area (Å²) < 4.78 is 7.84. The Kier molecular flexibility index (Phi) is 6.17. The van der Waals surface area contributed by atoms with E-state index in [4.69, 9.17) is 4.74 Å². The van der Waals surface area contributed by atoms with Crippen molar-refractivity contribution in [1.82, 2.24) is 15.1 Å². The number of carbonyl (C=O) groups is 1. The highest BCUT2D eigenvalue weighted by Gasteiger charge is 2.25. The molecule has 1 aromatic heterocycles. The molecule has 1 aliphatic rings. The van der Waals surface area contributed by atoms with Gasteiger partial charge >= 0.3 is 0 Å². The zero-order chi connectivity index (χ0) is 20.9. The number of hydrogen-bond acceptors (Lipinski definition) is 3. The molecule has 5 heteroatoms. The van der Waals surface area contributed by atoms with Crippen LogP contribution < -0.4 is 10.1 Å². The first-order valence-electron chi connectivity index (χ1n) is 10.7. The number of hydrogen-bond donors (Lipinski definition) is 1. The Bertz CT molecular complexity index is 1010. The molecule has 5 nitrogen and oxygen atoms in total. The predicted molar refractivity (Wildman–Crippen MR) is 118 cm³/mol. The molecule has 1 heterocycles. The molecule has 0 unspecified atom stereocenters. The summed E-state index contributed by atoms with van der Waals surface area (Å²) in [4.78, 5) is 12.5. The van der Waals surface area contributed by atoms with E-state index in [1.54, 1.807) is 0 Å². The lowest BCUT2D eigenvalue weighted by molar-refractivity contribution is -0.122. The highest BCUT2D eigenvalue weighted by molar-refractivity contribution is 5.76. The Morgan fingerprint density at radius 3 is 2.80 bits per heavy atom. The first-order chi connectivity index (χ1) is 14.6. The minimum absolute atomic E-state index is 0.0208. The quantitative estimate of drug-likeness (QED) is 0.631. The van der Waals surface area contributed by atoms with E-state index in [1.807, 2.05) is 42.6 Å². The van der Waals surface area contributed by atoms with Crippen molar-refractivity contribution in [2.24, 2.45) is 0 Å². The molecular weight excluding hydrogens is 374 g/mol. The number of ether oxygens (including phenoxy) is 1. The summed E-state index contributed by atoms with van der Waals surface area (Å²) in [6, 6.07) is 16.4. The monoisotopic (exact) mass is 403 g/mol. The Morgan fingerprint density at radius 1 is 1.17 bits per heavy atom. The molecule has 1 amide bonds. The fourth-order valence-electron chi connectivity index (χ4n) is 3.99. The van der Waals surface area contributed by atoms with Gasteiger partial charge in [-0.3, -0.25) is 9.48 Å². The van der Waals surface area contributed by atoms with E-state index in [9.17, 15) is 4.79 Å². The van der Waals surface area contributed by atoms with Crippen molar-refractivity contribution < 1.29 is 9.53 Å². The van der Waals surface area contributed by atoms with Gasteiger partial charge in [-0.1, -0.05) is 36.4 Å². The number of amides is 1. The SMILES string of the molecule is Cc1ccc(OCCC(=O)N[C@H]2CCCc3c2cnn3Cc2ccccc2)cc1C. The van der Waals surface area contributed by atoms with Crippen molar-refractivity contribution in [1.29, 1.82) is 0 Å². The lowest BCUT2D eigenvalue weighted by Crippen LogP contribution is -2.31. The highest BCUT2D eigenvalue weighted by atomic mass is 16.5. The van der Waals surface area contributed by atoms with Crippen molar-refractivity contribution in [3.8, 4) is 5.75 Å². The number of nitrogens with zero attached hydrogens (tertiary/aromatic N) is 2. The first-order valence-corrected chi connectivity index (χ1v) is 10.7. The van der Waals surface area contributed by atoms with Crippen molar-refractivity contribution in [2.75, 3.05) is 6.61 Å². The van der Waals surface area contributed by atoms with Crippen LogP contribution in [0.5, 0.6) is 5.75 Å². The fraction of sp³-hybridized carbons (Fsp3) is 0.360. The van der Waals surface area contributed by atoms with Gasteiger partial charge in [-0.2, -0.15) is 5.10 Å². The molecule has 4 rings (SSSR count). The third-order valence-electron chi connectivity index (χ3n) is 5.85. The molecule has 30 heavy (non-hydrogen) atoms. The lowest BCUT2D eigenvalue weighted by Gasteiger charge is -2.24. The molecule has 1 N–H and O–H groups in total. The third-order valence-corrected chi connectivity index (χ3v) is 5.85. The van der Waals surface area contributed by atoms with Gasteiger partial charge in [0.15, 0.2) is 0 Å². The first kappa shape index (κ1) is 20.2. The van der Waals surface area contributed by atoms with Crippen LogP contribution in [0.15, 0.2) is 54.7 Å². The molecule has 0 spiro atoms. The molecule has 1 aliphatic carbocycles. The number of carbonyl (C=O) groups excluding carboxylic acids is 1. The largest absolute Gasteiger partial charge is 0.493 e. The summed E-state index contributed by atoms with van der Waals surface area (Å²) in [6.07, 6.45) is 5.28. The number of benzene rings is 2. The van der Waals surface area contributed by atoms with Gasteiger partial charge in [-0.05, 0) is 61.9 Å². The van der Waals surface area contributed by atoms with E-state index >= 15 is 0 Å². The molecule has 3 aromatic rings. The molecule has 2 aromatic carbocycles. The minimum Gasteiger partial charge on any atom is -0.493 e. The van der Waals surface area contributed by atoms with Crippen LogP contribution >= 0.6 is 0 Å². The second-order valence-corrected chi connectivity index (χ2v) is 8.05. The maximum Gasteiger partial charge on any atom is 0.223 e. The van der Waals surface area contributed by atoms with Crippen molar-refractivity contribution in [3.63, 3.8) is 0 Å². The van der Waals surface area contributed by atoms with Crippen molar-refractivity contribution in [2.45, 2.75) is 52.1 Å². The van der Waals surface area contributed by atoms with E-state index in [0.29, 0.717) is 13.0 Å². The molecule has 0 saturated heterocycles. The maximum absolute atomic E-state index is 12.5. The molecule has 0 radical (unpaired) electrons. The average Bonchev–Trinajstić information content (AvgIpc) is 3.15. The van der Waals surface area contributed by atoms with Crippen LogP contribution in [0.3, 0.4) is 0 Å². The zero-order valence-corrected chi connectivity index (χ0v) is 17.7. The number of rotatable bonds is 7. The van der Waals surface area contributed by atoms with Crippen LogP contribution in [0.4, 0.5) is 0 Å². The van der Waals surface area contributed by atoms with E-state index < -0.39 is 0 Å². The van der Waals surface area contributed by atoms with Crippen molar-refractivity contribution >= 4 is 5.91 Å². The van der Waals surface area contributed by atoms with E-state index in [-0.39, 0.29) is 11.9 Å². The maximum atomic E-state index is 12.5. The fourth-order valence-corrected chi connectivity index (χ4v) is 3.99. The van der Waals surface area contributed by atoms with E-state index in [1.165, 1.54) is 22.4 Å². The zero-order valence-electron chi connectivity index (χ0n) is 17.7. The van der Waals surface area contributed by atoms with Gasteiger partial charge in [0.2, 0.25) is 5.91 Å². The van der Waals surface area contributed by atoms with Gasteiger partial charge in [0.05, 0.1) is 31.8 Å². The Morgan fingerprint density at radius 2 is 2.00 bits per heavy atom. The smallest absolute Gasteiger partial charge is 0.223 e.